The van der Waals surface area contributed by atoms with Crippen molar-refractivity contribution in [3.05, 3.63) is 75.6 Å². The highest BCUT2D eigenvalue weighted by Crippen LogP contribution is 2.26. The number of halogens is 1. The van der Waals surface area contributed by atoms with E-state index in [9.17, 15) is 4.79 Å². The molecular formula is C21H19BrN2OS. The molecule has 0 aliphatic carbocycles. The van der Waals surface area contributed by atoms with E-state index in [0.29, 0.717) is 11.0 Å². The lowest BCUT2D eigenvalue weighted by Gasteiger charge is -2.04. The fourth-order valence-corrected chi connectivity index (χ4v) is 3.38. The molecule has 3 rings (SSSR count). The number of carbonyl (C=O) groups excluding carboxylic acids is 1. The van der Waals surface area contributed by atoms with Gasteiger partial charge in [-0.1, -0.05) is 66.2 Å². The van der Waals surface area contributed by atoms with Crippen molar-refractivity contribution in [2.75, 3.05) is 5.32 Å². The summed E-state index contributed by atoms with van der Waals surface area (Å²) in [4.78, 5) is 16.6. The van der Waals surface area contributed by atoms with Crippen LogP contribution in [0.5, 0.6) is 0 Å². The SMILES string of the molecule is CC(C)c1ccc(/C=C/C(=O)Nc2nc(-c3ccc(Br)cc3)cs2)cc1. The number of carbonyl (C=O) groups is 1. The molecule has 0 fully saturated rings. The fraction of sp³-hybridized carbons (Fsp3) is 0.143. The molecule has 0 aliphatic heterocycles. The fourth-order valence-electron chi connectivity index (χ4n) is 2.40. The predicted molar refractivity (Wildman–Crippen MR) is 113 cm³/mol. The first-order valence-electron chi connectivity index (χ1n) is 8.32. The van der Waals surface area contributed by atoms with Crippen molar-refractivity contribution in [2.24, 2.45) is 0 Å². The third kappa shape index (κ3) is 4.90. The lowest BCUT2D eigenvalue weighted by molar-refractivity contribution is -0.111. The zero-order chi connectivity index (χ0) is 18.5. The quantitative estimate of drug-likeness (QED) is 0.482. The number of aromatic nitrogens is 1. The van der Waals surface area contributed by atoms with Gasteiger partial charge in [-0.15, -0.1) is 11.3 Å². The van der Waals surface area contributed by atoms with E-state index in [0.717, 1.165) is 21.3 Å². The summed E-state index contributed by atoms with van der Waals surface area (Å²) >= 11 is 4.84. The molecular weight excluding hydrogens is 408 g/mol. The van der Waals surface area contributed by atoms with E-state index in [4.69, 9.17) is 0 Å². The van der Waals surface area contributed by atoms with Gasteiger partial charge in [0.1, 0.15) is 0 Å². The van der Waals surface area contributed by atoms with Gasteiger partial charge >= 0.3 is 0 Å². The summed E-state index contributed by atoms with van der Waals surface area (Å²) in [6, 6.07) is 16.2. The van der Waals surface area contributed by atoms with Crippen LogP contribution in [0.4, 0.5) is 5.13 Å². The Balaban J connectivity index is 1.62. The second-order valence-electron chi connectivity index (χ2n) is 6.19. The number of anilines is 1. The van der Waals surface area contributed by atoms with Crippen LogP contribution < -0.4 is 5.32 Å². The van der Waals surface area contributed by atoms with E-state index in [1.165, 1.54) is 23.0 Å². The molecule has 1 aromatic heterocycles. The van der Waals surface area contributed by atoms with Gasteiger partial charge in [-0.3, -0.25) is 10.1 Å². The number of nitrogens with one attached hydrogen (secondary N) is 1. The summed E-state index contributed by atoms with van der Waals surface area (Å²) in [5.41, 5.74) is 4.16. The number of nitrogens with zero attached hydrogens (tertiary/aromatic N) is 1. The van der Waals surface area contributed by atoms with Crippen molar-refractivity contribution in [2.45, 2.75) is 19.8 Å². The highest BCUT2D eigenvalue weighted by Gasteiger charge is 2.06. The number of hydrogen-bond donors (Lipinski definition) is 1. The van der Waals surface area contributed by atoms with Crippen molar-refractivity contribution >= 4 is 44.4 Å². The van der Waals surface area contributed by atoms with Gasteiger partial charge < -0.3 is 0 Å². The van der Waals surface area contributed by atoms with E-state index in [-0.39, 0.29) is 5.91 Å². The number of thiazole rings is 1. The number of benzene rings is 2. The van der Waals surface area contributed by atoms with E-state index < -0.39 is 0 Å². The molecule has 0 unspecified atom stereocenters. The Bertz CT molecular complexity index is 912. The van der Waals surface area contributed by atoms with Crippen molar-refractivity contribution < 1.29 is 4.79 Å². The molecule has 132 valence electrons. The lowest BCUT2D eigenvalue weighted by atomic mass is 10.0. The van der Waals surface area contributed by atoms with Crippen LogP contribution in [-0.4, -0.2) is 10.9 Å². The molecule has 0 saturated carbocycles. The highest BCUT2D eigenvalue weighted by atomic mass is 79.9. The monoisotopic (exact) mass is 426 g/mol. The van der Waals surface area contributed by atoms with E-state index in [2.05, 4.69) is 52.2 Å². The summed E-state index contributed by atoms with van der Waals surface area (Å²) in [6.45, 7) is 4.32. The zero-order valence-corrected chi connectivity index (χ0v) is 17.0. The molecule has 0 saturated heterocycles. The summed E-state index contributed by atoms with van der Waals surface area (Å²) in [6.07, 6.45) is 3.34. The van der Waals surface area contributed by atoms with Crippen molar-refractivity contribution in [1.82, 2.24) is 4.98 Å². The van der Waals surface area contributed by atoms with Gasteiger partial charge in [-0.25, -0.2) is 4.98 Å². The standard InChI is InChI=1S/C21H19BrN2OS/c1-14(2)16-6-3-15(4-7-16)5-12-20(25)24-21-23-19(13-26-21)17-8-10-18(22)11-9-17/h3-14H,1-2H3,(H,23,24,25)/b12-5+. The molecule has 1 N–H and O–H groups in total. The first-order chi connectivity index (χ1) is 12.5. The summed E-state index contributed by atoms with van der Waals surface area (Å²) in [5, 5.41) is 5.34. The molecule has 3 aromatic rings. The van der Waals surface area contributed by atoms with Crippen LogP contribution in [0, 0.1) is 0 Å². The van der Waals surface area contributed by atoms with Gasteiger partial charge in [0.15, 0.2) is 5.13 Å². The molecule has 0 radical (unpaired) electrons. The molecule has 0 atom stereocenters. The number of rotatable bonds is 5. The molecule has 3 nitrogen and oxygen atoms in total. The molecule has 0 bridgehead atoms. The normalized spacial score (nSPS) is 11.2. The second-order valence-corrected chi connectivity index (χ2v) is 7.96. The largest absolute Gasteiger partial charge is 0.298 e. The van der Waals surface area contributed by atoms with Gasteiger partial charge in [-0.2, -0.15) is 0 Å². The average molecular weight is 427 g/mol. The molecule has 1 heterocycles. The summed E-state index contributed by atoms with van der Waals surface area (Å²) < 4.78 is 1.02. The van der Waals surface area contributed by atoms with Gasteiger partial charge in [-0.05, 0) is 35.3 Å². The zero-order valence-electron chi connectivity index (χ0n) is 14.6. The minimum atomic E-state index is -0.186. The van der Waals surface area contributed by atoms with Gasteiger partial charge in [0.05, 0.1) is 5.69 Å². The second kappa shape index (κ2) is 8.43. The first kappa shape index (κ1) is 18.5. The van der Waals surface area contributed by atoms with Gasteiger partial charge in [0.2, 0.25) is 5.91 Å². The molecule has 0 spiro atoms. The van der Waals surface area contributed by atoms with Crippen molar-refractivity contribution in [3.63, 3.8) is 0 Å². The Morgan fingerprint density at radius 1 is 1.12 bits per heavy atom. The molecule has 26 heavy (non-hydrogen) atoms. The molecule has 1 amide bonds. The third-order valence-corrected chi connectivity index (χ3v) is 5.19. The van der Waals surface area contributed by atoms with Crippen LogP contribution in [0.25, 0.3) is 17.3 Å². The average Bonchev–Trinajstić information content (AvgIpc) is 3.09. The summed E-state index contributed by atoms with van der Waals surface area (Å²) in [7, 11) is 0. The maximum atomic E-state index is 12.1. The van der Waals surface area contributed by atoms with Crippen LogP contribution in [0.15, 0.2) is 64.5 Å². The minimum Gasteiger partial charge on any atom is -0.298 e. The van der Waals surface area contributed by atoms with Gasteiger partial charge in [0.25, 0.3) is 0 Å². The molecule has 0 aliphatic rings. The van der Waals surface area contributed by atoms with Crippen molar-refractivity contribution in [1.29, 1.82) is 0 Å². The van der Waals surface area contributed by atoms with Crippen LogP contribution >= 0.6 is 27.3 Å². The molecule has 5 heteroatoms. The Morgan fingerprint density at radius 3 is 2.46 bits per heavy atom. The predicted octanol–water partition coefficient (Wildman–Crippen LogP) is 6.35. The van der Waals surface area contributed by atoms with E-state index in [1.807, 2.05) is 47.9 Å². The lowest BCUT2D eigenvalue weighted by Crippen LogP contribution is -2.07. The Labute approximate surface area is 165 Å². The first-order valence-corrected chi connectivity index (χ1v) is 9.99. The van der Waals surface area contributed by atoms with Crippen LogP contribution in [0.3, 0.4) is 0 Å². The van der Waals surface area contributed by atoms with Crippen LogP contribution in [0.2, 0.25) is 0 Å². The Morgan fingerprint density at radius 2 is 1.81 bits per heavy atom. The third-order valence-electron chi connectivity index (χ3n) is 3.90. The van der Waals surface area contributed by atoms with Crippen LogP contribution in [-0.2, 0) is 4.79 Å². The van der Waals surface area contributed by atoms with Gasteiger partial charge in [0, 0.05) is 21.5 Å². The highest BCUT2D eigenvalue weighted by molar-refractivity contribution is 9.10. The Hall–Kier alpha value is -2.24. The number of amides is 1. The van der Waals surface area contributed by atoms with E-state index >= 15 is 0 Å². The Kier molecular flexibility index (Phi) is 6.01. The number of hydrogen-bond acceptors (Lipinski definition) is 3. The topological polar surface area (TPSA) is 42.0 Å². The summed E-state index contributed by atoms with van der Waals surface area (Å²) in [5.74, 6) is 0.316. The smallest absolute Gasteiger partial charge is 0.250 e. The maximum absolute atomic E-state index is 12.1. The van der Waals surface area contributed by atoms with Crippen molar-refractivity contribution in [3.8, 4) is 11.3 Å². The minimum absolute atomic E-state index is 0.186. The molecule has 2 aromatic carbocycles. The van der Waals surface area contributed by atoms with Crippen LogP contribution in [0.1, 0.15) is 30.9 Å². The van der Waals surface area contributed by atoms with E-state index in [1.54, 1.807) is 0 Å². The maximum Gasteiger partial charge on any atom is 0.250 e.